The van der Waals surface area contributed by atoms with E-state index in [2.05, 4.69) is 15.2 Å². The number of aromatic nitrogens is 3. The second-order valence-corrected chi connectivity index (χ2v) is 6.33. The van der Waals surface area contributed by atoms with Gasteiger partial charge in [0.1, 0.15) is 11.6 Å². The molecule has 3 aromatic rings. The Labute approximate surface area is 152 Å². The highest BCUT2D eigenvalue weighted by Crippen LogP contribution is 2.24. The molecule has 0 aliphatic heterocycles. The zero-order valence-corrected chi connectivity index (χ0v) is 15.2. The lowest BCUT2D eigenvalue weighted by atomic mass is 9.98. The summed E-state index contributed by atoms with van der Waals surface area (Å²) in [5.74, 6) is 2.22. The van der Waals surface area contributed by atoms with E-state index in [-0.39, 0.29) is 6.10 Å². The highest BCUT2D eigenvalue weighted by atomic mass is 16.5. The monoisotopic (exact) mass is 349 g/mol. The number of hydrogen-bond donors (Lipinski definition) is 3. The molecule has 0 amide bonds. The lowest BCUT2D eigenvalue weighted by Gasteiger charge is -2.12. The molecule has 4 N–H and O–H groups in total. The quantitative estimate of drug-likeness (QED) is 0.465. The summed E-state index contributed by atoms with van der Waals surface area (Å²) in [6, 6.07) is 13.0. The molecule has 3 rings (SSSR count). The third-order valence-corrected chi connectivity index (χ3v) is 3.96. The smallest absolute Gasteiger partial charge is 0.181 e. The highest BCUT2D eigenvalue weighted by molar-refractivity contribution is 6.14. The predicted octanol–water partition coefficient (Wildman–Crippen LogP) is 3.82. The van der Waals surface area contributed by atoms with E-state index in [9.17, 15) is 0 Å². The minimum atomic E-state index is 0.113. The van der Waals surface area contributed by atoms with Gasteiger partial charge in [0.25, 0.3) is 0 Å². The average Bonchev–Trinajstić information content (AvgIpc) is 3.11. The Bertz CT molecular complexity index is 912. The Morgan fingerprint density at radius 3 is 2.54 bits per heavy atom. The Balaban J connectivity index is 1.90. The first-order chi connectivity index (χ1) is 12.5. The molecule has 1 heterocycles. The van der Waals surface area contributed by atoms with Gasteiger partial charge in [-0.3, -0.25) is 10.5 Å². The highest BCUT2D eigenvalue weighted by Gasteiger charge is 2.13. The van der Waals surface area contributed by atoms with Gasteiger partial charge in [-0.25, -0.2) is 4.98 Å². The van der Waals surface area contributed by atoms with E-state index in [0.29, 0.717) is 22.8 Å². The molecule has 0 saturated heterocycles. The summed E-state index contributed by atoms with van der Waals surface area (Å²) < 4.78 is 5.65. The van der Waals surface area contributed by atoms with E-state index in [1.54, 1.807) is 6.07 Å². The van der Waals surface area contributed by atoms with Gasteiger partial charge in [-0.05, 0) is 56.3 Å². The number of aromatic amines is 1. The molecule has 0 radical (unpaired) electrons. The second-order valence-electron chi connectivity index (χ2n) is 6.33. The van der Waals surface area contributed by atoms with Crippen molar-refractivity contribution < 1.29 is 4.74 Å². The van der Waals surface area contributed by atoms with Gasteiger partial charge in [-0.2, -0.15) is 5.10 Å². The summed E-state index contributed by atoms with van der Waals surface area (Å²) >= 11 is 0. The van der Waals surface area contributed by atoms with Crippen LogP contribution < -0.4 is 10.5 Å². The SMILES string of the molecule is CCc1nc(-c2ccc(N)c(C(=N)c3ccc(OC(C)C)cc3)c2)n[nH]1. The minimum absolute atomic E-state index is 0.113. The lowest BCUT2D eigenvalue weighted by Crippen LogP contribution is -2.07. The maximum Gasteiger partial charge on any atom is 0.181 e. The van der Waals surface area contributed by atoms with Crippen molar-refractivity contribution in [3.8, 4) is 17.1 Å². The van der Waals surface area contributed by atoms with Crippen LogP contribution in [0.3, 0.4) is 0 Å². The van der Waals surface area contributed by atoms with Crippen LogP contribution in [0, 0.1) is 5.41 Å². The van der Waals surface area contributed by atoms with E-state index in [1.807, 2.05) is 57.2 Å². The van der Waals surface area contributed by atoms with Crippen molar-refractivity contribution in [2.45, 2.75) is 33.3 Å². The second kappa shape index (κ2) is 7.39. The average molecular weight is 349 g/mol. The third kappa shape index (κ3) is 3.74. The third-order valence-electron chi connectivity index (χ3n) is 3.96. The van der Waals surface area contributed by atoms with E-state index in [4.69, 9.17) is 15.9 Å². The van der Waals surface area contributed by atoms with Crippen LogP contribution in [-0.4, -0.2) is 27.0 Å². The Hall–Kier alpha value is -3.15. The number of hydrogen-bond acceptors (Lipinski definition) is 5. The molecule has 0 saturated carbocycles. The zero-order valence-electron chi connectivity index (χ0n) is 15.2. The molecule has 0 fully saturated rings. The number of H-pyrrole nitrogens is 1. The molecular weight excluding hydrogens is 326 g/mol. The fourth-order valence-corrected chi connectivity index (χ4v) is 2.62. The van der Waals surface area contributed by atoms with Gasteiger partial charge in [0.2, 0.25) is 0 Å². The summed E-state index contributed by atoms with van der Waals surface area (Å²) in [7, 11) is 0. The van der Waals surface area contributed by atoms with Crippen LogP contribution in [0.4, 0.5) is 5.69 Å². The van der Waals surface area contributed by atoms with Crippen molar-refractivity contribution in [2.75, 3.05) is 5.73 Å². The molecule has 0 aliphatic rings. The summed E-state index contributed by atoms with van der Waals surface area (Å²) in [6.07, 6.45) is 0.900. The number of nitrogen functional groups attached to an aromatic ring is 1. The van der Waals surface area contributed by atoms with Gasteiger partial charge in [-0.15, -0.1) is 0 Å². The van der Waals surface area contributed by atoms with Crippen molar-refractivity contribution in [3.63, 3.8) is 0 Å². The van der Waals surface area contributed by atoms with E-state index in [1.165, 1.54) is 0 Å². The molecule has 6 nitrogen and oxygen atoms in total. The molecular formula is C20H23N5O. The topological polar surface area (TPSA) is 101 Å². The van der Waals surface area contributed by atoms with Crippen molar-refractivity contribution in [3.05, 3.63) is 59.4 Å². The van der Waals surface area contributed by atoms with Crippen LogP contribution in [0.15, 0.2) is 42.5 Å². The number of benzene rings is 2. The molecule has 0 aliphatic carbocycles. The Morgan fingerprint density at radius 1 is 1.19 bits per heavy atom. The van der Waals surface area contributed by atoms with Crippen molar-refractivity contribution in [1.29, 1.82) is 5.41 Å². The first-order valence-corrected chi connectivity index (χ1v) is 8.65. The lowest BCUT2D eigenvalue weighted by molar-refractivity contribution is 0.242. The van der Waals surface area contributed by atoms with Crippen LogP contribution in [-0.2, 0) is 6.42 Å². The molecule has 134 valence electrons. The van der Waals surface area contributed by atoms with E-state index >= 15 is 0 Å². The van der Waals surface area contributed by atoms with Crippen LogP contribution in [0.1, 0.15) is 37.7 Å². The number of anilines is 1. The fraction of sp³-hybridized carbons (Fsp3) is 0.250. The minimum Gasteiger partial charge on any atom is -0.491 e. The molecule has 0 atom stereocenters. The molecule has 1 aromatic heterocycles. The maximum atomic E-state index is 8.55. The van der Waals surface area contributed by atoms with Crippen LogP contribution in [0.25, 0.3) is 11.4 Å². The number of aryl methyl sites for hydroxylation is 1. The fourth-order valence-electron chi connectivity index (χ4n) is 2.62. The van der Waals surface area contributed by atoms with Crippen LogP contribution in [0.5, 0.6) is 5.75 Å². The molecule has 26 heavy (non-hydrogen) atoms. The van der Waals surface area contributed by atoms with E-state index in [0.717, 1.165) is 29.1 Å². The van der Waals surface area contributed by atoms with Crippen molar-refractivity contribution in [2.24, 2.45) is 0 Å². The Kier molecular flexibility index (Phi) is 5.02. The van der Waals surface area contributed by atoms with Crippen molar-refractivity contribution in [1.82, 2.24) is 15.2 Å². The van der Waals surface area contributed by atoms with Gasteiger partial charge in [0, 0.05) is 28.8 Å². The van der Waals surface area contributed by atoms with Gasteiger partial charge in [-0.1, -0.05) is 6.92 Å². The van der Waals surface area contributed by atoms with Gasteiger partial charge >= 0.3 is 0 Å². The van der Waals surface area contributed by atoms with Crippen molar-refractivity contribution >= 4 is 11.4 Å². The molecule has 6 heteroatoms. The van der Waals surface area contributed by atoms with Gasteiger partial charge in [0.15, 0.2) is 5.82 Å². The Morgan fingerprint density at radius 2 is 1.92 bits per heavy atom. The number of nitrogens with two attached hydrogens (primary N) is 1. The zero-order chi connectivity index (χ0) is 18.7. The van der Waals surface area contributed by atoms with Crippen LogP contribution >= 0.6 is 0 Å². The molecule has 2 aromatic carbocycles. The van der Waals surface area contributed by atoms with Gasteiger partial charge in [0.05, 0.1) is 11.8 Å². The standard InChI is InChI=1S/C20H23N5O/c1-4-18-23-20(25-24-18)14-7-10-17(21)16(11-14)19(22)13-5-8-15(9-6-13)26-12(2)3/h5-12,22H,4,21H2,1-3H3,(H,23,24,25). The van der Waals surface area contributed by atoms with Crippen LogP contribution in [0.2, 0.25) is 0 Å². The summed E-state index contributed by atoms with van der Waals surface area (Å²) in [5.41, 5.74) is 9.28. The van der Waals surface area contributed by atoms with E-state index < -0.39 is 0 Å². The summed E-state index contributed by atoms with van der Waals surface area (Å²) in [4.78, 5) is 4.45. The largest absolute Gasteiger partial charge is 0.491 e. The maximum absolute atomic E-state index is 8.55. The molecule has 0 unspecified atom stereocenters. The normalized spacial score (nSPS) is 10.9. The molecule has 0 spiro atoms. The van der Waals surface area contributed by atoms with Gasteiger partial charge < -0.3 is 10.5 Å². The number of nitrogens with one attached hydrogen (secondary N) is 2. The summed E-state index contributed by atoms with van der Waals surface area (Å²) in [5, 5.41) is 15.7. The number of nitrogens with zero attached hydrogens (tertiary/aromatic N) is 2. The number of rotatable bonds is 6. The predicted molar refractivity (Wildman–Crippen MR) is 104 cm³/mol. The first-order valence-electron chi connectivity index (χ1n) is 8.65. The molecule has 0 bridgehead atoms. The number of ether oxygens (including phenoxy) is 1. The first kappa shape index (κ1) is 17.7. The summed E-state index contributed by atoms with van der Waals surface area (Å²) in [6.45, 7) is 5.98.